The van der Waals surface area contributed by atoms with Crippen LogP contribution in [0.1, 0.15) is 83.6 Å². The predicted octanol–water partition coefficient (Wildman–Crippen LogP) is 9.01. The van der Waals surface area contributed by atoms with Crippen LogP contribution in [-0.4, -0.2) is 18.1 Å². The molecule has 0 fully saturated rings. The maximum Gasteiger partial charge on any atom is 0.146 e. The monoisotopic (exact) mass is 460 g/mol. The van der Waals surface area contributed by atoms with Gasteiger partial charge in [0.25, 0.3) is 0 Å². The van der Waals surface area contributed by atoms with Crippen LogP contribution < -0.4 is 4.90 Å². The molecule has 2 aromatic carbocycles. The number of fused-ring (bicyclic) bond motifs is 1. The Kier molecular flexibility index (Phi) is 9.87. The molecule has 0 aromatic heterocycles. The van der Waals surface area contributed by atoms with E-state index in [2.05, 4.69) is 60.0 Å². The number of halogens is 2. The van der Waals surface area contributed by atoms with Gasteiger partial charge in [0, 0.05) is 11.9 Å². The number of hydrogen-bond acceptors (Lipinski definition) is 2. The lowest BCUT2D eigenvalue weighted by molar-refractivity contribution is 0.379. The molecule has 0 spiro atoms. The van der Waals surface area contributed by atoms with Gasteiger partial charge in [0.05, 0.1) is 12.4 Å². The van der Waals surface area contributed by atoms with Crippen LogP contribution in [0, 0.1) is 0 Å². The molecule has 0 radical (unpaired) electrons. The number of aryl methyl sites for hydroxylation is 1. The third-order valence-corrected chi connectivity index (χ3v) is 7.31. The van der Waals surface area contributed by atoms with Gasteiger partial charge in [-0.25, -0.2) is 0 Å². The van der Waals surface area contributed by atoms with E-state index in [9.17, 15) is 0 Å². The first-order valence-corrected chi connectivity index (χ1v) is 13.0. The van der Waals surface area contributed by atoms with Crippen LogP contribution in [0.3, 0.4) is 0 Å². The molecule has 0 amide bonds. The SMILES string of the molecule is CCCCCCCCCCCCN1CN(c2c(CC)ccc3ccccc23)C(Cl)=C1Cl. The van der Waals surface area contributed by atoms with Gasteiger partial charge in [0.1, 0.15) is 10.3 Å². The minimum absolute atomic E-state index is 0.653. The highest BCUT2D eigenvalue weighted by atomic mass is 35.5. The van der Waals surface area contributed by atoms with E-state index in [1.807, 2.05) is 0 Å². The highest BCUT2D eigenvalue weighted by molar-refractivity contribution is 6.40. The van der Waals surface area contributed by atoms with Gasteiger partial charge in [0.2, 0.25) is 0 Å². The second kappa shape index (κ2) is 12.6. The maximum atomic E-state index is 6.75. The fourth-order valence-corrected chi connectivity index (χ4v) is 5.07. The Morgan fingerprint density at radius 3 is 2.06 bits per heavy atom. The first-order chi connectivity index (χ1) is 15.2. The fraction of sp³-hybridized carbons (Fsp3) is 0.556. The summed E-state index contributed by atoms with van der Waals surface area (Å²) in [7, 11) is 0. The van der Waals surface area contributed by atoms with Gasteiger partial charge in [-0.1, -0.05) is 131 Å². The number of unbranched alkanes of at least 4 members (excludes halogenated alkanes) is 9. The Balaban J connectivity index is 1.52. The van der Waals surface area contributed by atoms with Crippen molar-refractivity contribution in [1.29, 1.82) is 0 Å². The van der Waals surface area contributed by atoms with Crippen molar-refractivity contribution in [3.63, 3.8) is 0 Å². The molecule has 0 aliphatic carbocycles. The Morgan fingerprint density at radius 2 is 1.39 bits per heavy atom. The van der Waals surface area contributed by atoms with Crippen LogP contribution in [0.5, 0.6) is 0 Å². The zero-order valence-electron chi connectivity index (χ0n) is 19.3. The summed E-state index contributed by atoms with van der Waals surface area (Å²) < 4.78 is 0. The highest BCUT2D eigenvalue weighted by Crippen LogP contribution is 2.40. The van der Waals surface area contributed by atoms with E-state index in [-0.39, 0.29) is 0 Å². The summed E-state index contributed by atoms with van der Waals surface area (Å²) in [5.74, 6) is 0. The quantitative estimate of drug-likeness (QED) is 0.217. The lowest BCUT2D eigenvalue weighted by Crippen LogP contribution is -2.28. The number of anilines is 1. The Hall–Kier alpha value is -1.38. The molecule has 2 aromatic rings. The van der Waals surface area contributed by atoms with E-state index in [1.54, 1.807) is 0 Å². The Bertz CT molecular complexity index is 861. The van der Waals surface area contributed by atoms with Gasteiger partial charge in [-0.2, -0.15) is 0 Å². The number of benzene rings is 2. The summed E-state index contributed by atoms with van der Waals surface area (Å²) in [6.45, 7) is 6.17. The van der Waals surface area contributed by atoms with E-state index < -0.39 is 0 Å². The molecule has 170 valence electrons. The van der Waals surface area contributed by atoms with Gasteiger partial charge < -0.3 is 9.80 Å². The molecule has 31 heavy (non-hydrogen) atoms. The number of nitrogens with zero attached hydrogens (tertiary/aromatic N) is 2. The molecule has 2 nitrogen and oxygen atoms in total. The van der Waals surface area contributed by atoms with Crippen molar-refractivity contribution < 1.29 is 0 Å². The van der Waals surface area contributed by atoms with Gasteiger partial charge in [-0.15, -0.1) is 0 Å². The normalized spacial score (nSPS) is 14.3. The minimum atomic E-state index is 0.653. The van der Waals surface area contributed by atoms with Gasteiger partial charge in [-0.3, -0.25) is 0 Å². The summed E-state index contributed by atoms with van der Waals surface area (Å²) in [6.07, 6.45) is 14.4. The molecule has 1 heterocycles. The smallest absolute Gasteiger partial charge is 0.146 e. The highest BCUT2D eigenvalue weighted by Gasteiger charge is 2.29. The van der Waals surface area contributed by atoms with E-state index in [0.717, 1.165) is 19.6 Å². The molecular weight excluding hydrogens is 423 g/mol. The molecule has 4 heteroatoms. The van der Waals surface area contributed by atoms with Crippen LogP contribution in [0.15, 0.2) is 46.7 Å². The number of rotatable bonds is 13. The van der Waals surface area contributed by atoms with E-state index in [1.165, 1.54) is 86.2 Å². The average molecular weight is 462 g/mol. The second-order valence-corrected chi connectivity index (χ2v) is 9.46. The van der Waals surface area contributed by atoms with Crippen LogP contribution in [0.4, 0.5) is 5.69 Å². The van der Waals surface area contributed by atoms with Crippen molar-refractivity contribution >= 4 is 39.7 Å². The van der Waals surface area contributed by atoms with Gasteiger partial charge in [-0.05, 0) is 23.8 Å². The van der Waals surface area contributed by atoms with Crippen molar-refractivity contribution in [3.05, 3.63) is 52.3 Å². The summed E-state index contributed by atoms with van der Waals surface area (Å²) in [4.78, 5) is 4.43. The first-order valence-electron chi connectivity index (χ1n) is 12.3. The largest absolute Gasteiger partial charge is 0.342 e. The molecule has 3 rings (SSSR count). The number of hydrogen-bond donors (Lipinski definition) is 0. The Morgan fingerprint density at radius 1 is 0.742 bits per heavy atom. The molecular formula is C27H38Cl2N2. The first kappa shape index (κ1) is 24.3. The van der Waals surface area contributed by atoms with Crippen molar-refractivity contribution in [1.82, 2.24) is 4.90 Å². The minimum Gasteiger partial charge on any atom is -0.342 e. The summed E-state index contributed by atoms with van der Waals surface area (Å²) in [6, 6.07) is 13.0. The molecule has 1 aliphatic rings. The van der Waals surface area contributed by atoms with Gasteiger partial charge in [0.15, 0.2) is 0 Å². The molecule has 0 saturated carbocycles. The third kappa shape index (κ3) is 6.33. The van der Waals surface area contributed by atoms with Crippen LogP contribution in [0.2, 0.25) is 0 Å². The van der Waals surface area contributed by atoms with Crippen molar-refractivity contribution in [2.45, 2.75) is 84.5 Å². The van der Waals surface area contributed by atoms with E-state index >= 15 is 0 Å². The van der Waals surface area contributed by atoms with Crippen LogP contribution in [0.25, 0.3) is 10.8 Å². The average Bonchev–Trinajstić information content (AvgIpc) is 3.07. The second-order valence-electron chi connectivity index (χ2n) is 8.74. The lowest BCUT2D eigenvalue weighted by atomic mass is 10.0. The van der Waals surface area contributed by atoms with Gasteiger partial charge >= 0.3 is 0 Å². The molecule has 0 saturated heterocycles. The Labute approximate surface area is 199 Å². The summed E-state index contributed by atoms with van der Waals surface area (Å²) in [5, 5.41) is 3.82. The van der Waals surface area contributed by atoms with E-state index in [0.29, 0.717) is 10.3 Å². The zero-order chi connectivity index (χ0) is 22.1. The summed E-state index contributed by atoms with van der Waals surface area (Å²) >= 11 is 13.4. The fourth-order valence-electron chi connectivity index (χ4n) is 4.57. The standard InChI is InChI=1S/C27H38Cl2N2/c1-3-5-6-7-8-9-10-11-12-15-20-30-21-31(27(29)26(30)28)25-22(4-2)18-19-23-16-13-14-17-24(23)25/h13-14,16-19H,3-12,15,20-21H2,1-2H3. The lowest BCUT2D eigenvalue weighted by Gasteiger charge is -2.26. The van der Waals surface area contributed by atoms with Crippen LogP contribution in [-0.2, 0) is 6.42 Å². The van der Waals surface area contributed by atoms with Crippen molar-refractivity contribution in [3.8, 4) is 0 Å². The van der Waals surface area contributed by atoms with Crippen molar-refractivity contribution in [2.24, 2.45) is 0 Å². The molecule has 1 aliphatic heterocycles. The van der Waals surface area contributed by atoms with Crippen molar-refractivity contribution in [2.75, 3.05) is 18.1 Å². The maximum absolute atomic E-state index is 6.75. The zero-order valence-corrected chi connectivity index (χ0v) is 20.8. The van der Waals surface area contributed by atoms with Crippen LogP contribution >= 0.6 is 23.2 Å². The molecule has 0 N–H and O–H groups in total. The molecule has 0 bridgehead atoms. The molecule has 0 unspecified atom stereocenters. The topological polar surface area (TPSA) is 6.48 Å². The summed E-state index contributed by atoms with van der Waals surface area (Å²) in [5.41, 5.74) is 2.51. The molecule has 0 atom stereocenters. The third-order valence-electron chi connectivity index (χ3n) is 6.41. The van der Waals surface area contributed by atoms with E-state index in [4.69, 9.17) is 23.2 Å². The predicted molar refractivity (Wildman–Crippen MR) is 138 cm³/mol.